The predicted octanol–water partition coefficient (Wildman–Crippen LogP) is 3.95. The summed E-state index contributed by atoms with van der Waals surface area (Å²) >= 11 is 0. The molecule has 0 bridgehead atoms. The van der Waals surface area contributed by atoms with Gasteiger partial charge in [0.1, 0.15) is 5.82 Å². The first-order valence-corrected chi connectivity index (χ1v) is 13.6. The van der Waals surface area contributed by atoms with Gasteiger partial charge in [-0.3, -0.25) is 9.59 Å². The highest BCUT2D eigenvalue weighted by molar-refractivity contribution is 5.81. The molecule has 36 heavy (non-hydrogen) atoms. The maximum absolute atomic E-state index is 13.0. The van der Waals surface area contributed by atoms with Crippen LogP contribution in [0.2, 0.25) is 0 Å². The monoisotopic (exact) mass is 490 g/mol. The number of anilines is 1. The van der Waals surface area contributed by atoms with Gasteiger partial charge >= 0.3 is 5.97 Å². The second-order valence-corrected chi connectivity index (χ2v) is 10.7. The van der Waals surface area contributed by atoms with Crippen LogP contribution in [-0.2, 0) is 22.4 Å². The Kier molecular flexibility index (Phi) is 7.85. The molecule has 1 aromatic heterocycles. The number of hydrogen-bond donors (Lipinski definition) is 3. The number of aromatic nitrogens is 1. The Morgan fingerprint density at radius 3 is 2.89 bits per heavy atom. The smallest absolute Gasteiger partial charge is 0.312 e. The minimum Gasteiger partial charge on any atom is -0.481 e. The molecule has 0 radical (unpaired) electrons. The summed E-state index contributed by atoms with van der Waals surface area (Å²) in [5.74, 6) is -0.0940. The molecule has 2 aromatic rings. The van der Waals surface area contributed by atoms with Crippen molar-refractivity contribution >= 4 is 17.7 Å². The van der Waals surface area contributed by atoms with E-state index < -0.39 is 11.9 Å². The van der Waals surface area contributed by atoms with Crippen LogP contribution in [0.15, 0.2) is 36.4 Å². The number of nitrogens with one attached hydrogen (secondary N) is 2. The van der Waals surface area contributed by atoms with Gasteiger partial charge in [0.2, 0.25) is 5.91 Å². The van der Waals surface area contributed by atoms with Crippen LogP contribution in [0.4, 0.5) is 5.82 Å². The number of amides is 1. The lowest BCUT2D eigenvalue weighted by Crippen LogP contribution is -2.44. The van der Waals surface area contributed by atoms with Gasteiger partial charge < -0.3 is 20.6 Å². The van der Waals surface area contributed by atoms with E-state index in [4.69, 9.17) is 4.98 Å². The van der Waals surface area contributed by atoms with E-state index in [0.717, 1.165) is 75.4 Å². The van der Waals surface area contributed by atoms with Crippen molar-refractivity contribution in [3.05, 3.63) is 58.8 Å². The molecule has 1 aromatic carbocycles. The Hall–Kier alpha value is -2.93. The molecule has 1 aliphatic carbocycles. The van der Waals surface area contributed by atoms with Gasteiger partial charge in [-0.05, 0) is 93.1 Å². The Bertz CT molecular complexity index is 1080. The summed E-state index contributed by atoms with van der Waals surface area (Å²) in [5.41, 5.74) is 4.44. The maximum atomic E-state index is 13.0. The van der Waals surface area contributed by atoms with Gasteiger partial charge in [-0.1, -0.05) is 30.3 Å². The quantitative estimate of drug-likeness (QED) is 0.467. The van der Waals surface area contributed by atoms with Crippen LogP contribution in [0.5, 0.6) is 0 Å². The third-order valence-corrected chi connectivity index (χ3v) is 7.88. The van der Waals surface area contributed by atoms with Crippen molar-refractivity contribution in [1.29, 1.82) is 0 Å². The lowest BCUT2D eigenvalue weighted by molar-refractivity contribution is -0.138. The average Bonchev–Trinajstić information content (AvgIpc) is 3.75. The molecule has 3 N–H and O–H groups in total. The van der Waals surface area contributed by atoms with Crippen molar-refractivity contribution < 1.29 is 14.7 Å². The molecule has 7 heteroatoms. The number of nitrogens with zero attached hydrogens (tertiary/aromatic N) is 2. The fourth-order valence-corrected chi connectivity index (χ4v) is 5.61. The highest BCUT2D eigenvalue weighted by atomic mass is 16.4. The van der Waals surface area contributed by atoms with Gasteiger partial charge in [0, 0.05) is 25.3 Å². The molecule has 7 nitrogen and oxygen atoms in total. The van der Waals surface area contributed by atoms with Gasteiger partial charge in [0.25, 0.3) is 0 Å². The molecule has 192 valence electrons. The van der Waals surface area contributed by atoms with Crippen LogP contribution in [0.25, 0.3) is 0 Å². The number of carboxylic acid groups (broad SMARTS) is 1. The second-order valence-electron chi connectivity index (χ2n) is 10.7. The topological polar surface area (TPSA) is 94.6 Å². The van der Waals surface area contributed by atoms with Crippen molar-refractivity contribution in [2.24, 2.45) is 5.92 Å². The standard InChI is InChI=1S/C29H38N4O3/c34-28(31-18-26(29(35)36)23-6-1-5-22(17-23)20-10-11-20)24-8-3-15-33(19-24)16-4-9-25-13-12-21-7-2-14-30-27(21)32-25/h1,5-6,12-13,17,20,24,26H,2-4,7-11,14-16,18-19H2,(H,30,32)(H,31,34)(H,35,36)/t24-,26-/m1/s1. The Balaban J connectivity index is 1.09. The molecule has 1 amide bonds. The molecule has 1 saturated carbocycles. The number of benzene rings is 1. The van der Waals surface area contributed by atoms with E-state index in [1.165, 1.54) is 30.4 Å². The van der Waals surface area contributed by atoms with E-state index >= 15 is 0 Å². The van der Waals surface area contributed by atoms with Crippen molar-refractivity contribution in [2.45, 2.75) is 63.2 Å². The Morgan fingerprint density at radius 1 is 1.17 bits per heavy atom. The van der Waals surface area contributed by atoms with E-state index in [2.05, 4.69) is 33.7 Å². The molecule has 2 aliphatic heterocycles. The van der Waals surface area contributed by atoms with Crippen LogP contribution >= 0.6 is 0 Å². The summed E-state index contributed by atoms with van der Waals surface area (Å²) in [7, 11) is 0. The first-order chi connectivity index (χ1) is 17.6. The van der Waals surface area contributed by atoms with Crippen LogP contribution in [0, 0.1) is 5.92 Å². The van der Waals surface area contributed by atoms with E-state index in [1.54, 1.807) is 0 Å². The summed E-state index contributed by atoms with van der Waals surface area (Å²) in [5, 5.41) is 16.2. The highest BCUT2D eigenvalue weighted by Crippen LogP contribution is 2.40. The normalized spacial score (nSPS) is 20.7. The summed E-state index contributed by atoms with van der Waals surface area (Å²) < 4.78 is 0. The zero-order valence-corrected chi connectivity index (χ0v) is 21.0. The Labute approximate surface area is 213 Å². The molecular weight excluding hydrogens is 452 g/mol. The summed E-state index contributed by atoms with van der Waals surface area (Å²) in [6.07, 6.45) is 8.42. The number of rotatable bonds is 10. The molecule has 3 heterocycles. The van der Waals surface area contributed by atoms with E-state index in [1.807, 2.05) is 18.2 Å². The maximum Gasteiger partial charge on any atom is 0.312 e. The van der Waals surface area contributed by atoms with Gasteiger partial charge in [-0.25, -0.2) is 4.98 Å². The molecule has 5 rings (SSSR count). The number of hydrogen-bond acceptors (Lipinski definition) is 5. The molecule has 2 fully saturated rings. The predicted molar refractivity (Wildman–Crippen MR) is 140 cm³/mol. The van der Waals surface area contributed by atoms with Crippen LogP contribution < -0.4 is 10.6 Å². The van der Waals surface area contributed by atoms with E-state index in [0.29, 0.717) is 5.92 Å². The first kappa shape index (κ1) is 24.8. The Morgan fingerprint density at radius 2 is 2.06 bits per heavy atom. The molecule has 2 atom stereocenters. The minimum absolute atomic E-state index is 0.0216. The fraction of sp³-hybridized carbons (Fsp3) is 0.552. The summed E-state index contributed by atoms with van der Waals surface area (Å²) in [4.78, 5) is 32.1. The van der Waals surface area contributed by atoms with Crippen LogP contribution in [0.1, 0.15) is 72.7 Å². The largest absolute Gasteiger partial charge is 0.481 e. The fourth-order valence-electron chi connectivity index (χ4n) is 5.61. The molecule has 3 aliphatic rings. The molecule has 0 spiro atoms. The highest BCUT2D eigenvalue weighted by Gasteiger charge is 2.29. The number of aryl methyl sites for hydroxylation is 2. The first-order valence-electron chi connectivity index (χ1n) is 13.6. The molecule has 0 unspecified atom stereocenters. The number of carbonyl (C=O) groups excluding carboxylic acids is 1. The second kappa shape index (κ2) is 11.4. The van der Waals surface area contributed by atoms with Crippen molar-refractivity contribution in [2.75, 3.05) is 38.0 Å². The third-order valence-electron chi connectivity index (χ3n) is 7.88. The van der Waals surface area contributed by atoms with E-state index in [9.17, 15) is 14.7 Å². The van der Waals surface area contributed by atoms with Crippen molar-refractivity contribution in [3.8, 4) is 0 Å². The summed E-state index contributed by atoms with van der Waals surface area (Å²) in [6, 6.07) is 12.3. The van der Waals surface area contributed by atoms with Gasteiger partial charge in [0.15, 0.2) is 0 Å². The SMILES string of the molecule is O=C(NC[C@@H](C(=O)O)c1cccc(C2CC2)c1)[C@@H]1CCCN(CCCc2ccc3c(n2)NCCC3)C1. The van der Waals surface area contributed by atoms with E-state index in [-0.39, 0.29) is 18.4 Å². The number of likely N-dealkylation sites (tertiary alicyclic amines) is 1. The number of fused-ring (bicyclic) bond motifs is 1. The number of piperidine rings is 1. The molecule has 1 saturated heterocycles. The van der Waals surface area contributed by atoms with Crippen LogP contribution in [-0.4, -0.2) is 59.6 Å². The average molecular weight is 491 g/mol. The van der Waals surface area contributed by atoms with Gasteiger partial charge in [-0.2, -0.15) is 0 Å². The zero-order chi connectivity index (χ0) is 24.9. The van der Waals surface area contributed by atoms with Gasteiger partial charge in [0.05, 0.1) is 11.8 Å². The summed E-state index contributed by atoms with van der Waals surface area (Å²) in [6.45, 7) is 3.83. The minimum atomic E-state index is -0.889. The third kappa shape index (κ3) is 6.25. The number of aliphatic carboxylic acids is 1. The molecular formula is C29H38N4O3. The number of carboxylic acids is 1. The number of carbonyl (C=O) groups is 2. The van der Waals surface area contributed by atoms with Gasteiger partial charge in [-0.15, -0.1) is 0 Å². The lowest BCUT2D eigenvalue weighted by Gasteiger charge is -2.32. The lowest BCUT2D eigenvalue weighted by atomic mass is 9.94. The zero-order valence-electron chi connectivity index (χ0n) is 21.0. The van der Waals surface area contributed by atoms with Crippen molar-refractivity contribution in [3.63, 3.8) is 0 Å². The van der Waals surface area contributed by atoms with Crippen molar-refractivity contribution in [1.82, 2.24) is 15.2 Å². The number of pyridine rings is 1. The van der Waals surface area contributed by atoms with Crippen LogP contribution in [0.3, 0.4) is 0 Å².